The second kappa shape index (κ2) is 5.87. The lowest BCUT2D eigenvalue weighted by molar-refractivity contribution is -0.143. The van der Waals surface area contributed by atoms with Gasteiger partial charge >= 0.3 is 12.1 Å². The highest BCUT2D eigenvalue weighted by Crippen LogP contribution is 2.31. The lowest BCUT2D eigenvalue weighted by Crippen LogP contribution is -2.50. The summed E-state index contributed by atoms with van der Waals surface area (Å²) in [6.45, 7) is 5.41. The molecule has 1 aromatic carbocycles. The average molecular weight is 307 g/mol. The maximum absolute atomic E-state index is 12.3. The van der Waals surface area contributed by atoms with E-state index >= 15 is 0 Å². The lowest BCUT2D eigenvalue weighted by atomic mass is 9.93. The van der Waals surface area contributed by atoms with E-state index in [9.17, 15) is 14.7 Å². The lowest BCUT2D eigenvalue weighted by Gasteiger charge is -2.36. The maximum atomic E-state index is 12.3. The van der Waals surface area contributed by atoms with Crippen LogP contribution in [0.5, 0.6) is 5.75 Å². The molecule has 2 rings (SSSR count). The Morgan fingerprint density at radius 1 is 1.32 bits per heavy atom. The molecule has 6 nitrogen and oxygen atoms in total. The van der Waals surface area contributed by atoms with Gasteiger partial charge in [-0.05, 0) is 32.4 Å². The van der Waals surface area contributed by atoms with E-state index in [1.165, 1.54) is 4.90 Å². The largest absolute Gasteiger partial charge is 0.496 e. The second-order valence-corrected chi connectivity index (χ2v) is 6.26. The number of amides is 1. The third kappa shape index (κ3) is 3.32. The number of carbonyl (C=O) groups excluding carboxylic acids is 1. The molecule has 0 fully saturated rings. The first-order valence-electron chi connectivity index (χ1n) is 7.10. The molecule has 120 valence electrons. The Bertz CT molecular complexity index is 591. The topological polar surface area (TPSA) is 76.1 Å². The average Bonchev–Trinajstić information content (AvgIpc) is 2.43. The Kier molecular flexibility index (Phi) is 4.30. The highest BCUT2D eigenvalue weighted by Gasteiger charge is 2.37. The monoisotopic (exact) mass is 307 g/mol. The molecule has 22 heavy (non-hydrogen) atoms. The SMILES string of the molecule is COc1cccc2c1CN(C(=O)OC(C)(C)C)C(C(=O)O)C2. The van der Waals surface area contributed by atoms with Crippen molar-refractivity contribution in [3.05, 3.63) is 29.3 Å². The maximum Gasteiger partial charge on any atom is 0.411 e. The minimum Gasteiger partial charge on any atom is -0.496 e. The van der Waals surface area contributed by atoms with Crippen molar-refractivity contribution in [3.8, 4) is 5.75 Å². The number of methoxy groups -OCH3 is 1. The van der Waals surface area contributed by atoms with Crippen molar-refractivity contribution >= 4 is 12.1 Å². The minimum atomic E-state index is -1.04. The van der Waals surface area contributed by atoms with E-state index in [0.29, 0.717) is 5.75 Å². The molecule has 0 aliphatic carbocycles. The smallest absolute Gasteiger partial charge is 0.411 e. The number of benzene rings is 1. The van der Waals surface area contributed by atoms with Gasteiger partial charge in [-0.25, -0.2) is 9.59 Å². The Balaban J connectivity index is 2.36. The highest BCUT2D eigenvalue weighted by molar-refractivity contribution is 5.81. The molecule has 0 saturated carbocycles. The molecule has 1 unspecified atom stereocenters. The van der Waals surface area contributed by atoms with Crippen LogP contribution >= 0.6 is 0 Å². The molecular formula is C16H21NO5. The Morgan fingerprint density at radius 2 is 2.00 bits per heavy atom. The van der Waals surface area contributed by atoms with E-state index in [2.05, 4.69) is 0 Å². The molecule has 0 aromatic heterocycles. The van der Waals surface area contributed by atoms with E-state index in [1.54, 1.807) is 33.9 Å². The van der Waals surface area contributed by atoms with E-state index < -0.39 is 23.7 Å². The molecule has 1 aliphatic rings. The van der Waals surface area contributed by atoms with Crippen molar-refractivity contribution in [2.45, 2.75) is 45.4 Å². The number of hydrogen-bond acceptors (Lipinski definition) is 4. The standard InChI is InChI=1S/C16H21NO5/c1-16(2,3)22-15(20)17-9-11-10(8-12(17)14(18)19)6-5-7-13(11)21-4/h5-7,12H,8-9H2,1-4H3,(H,18,19). The number of aliphatic carboxylic acids is 1. The summed E-state index contributed by atoms with van der Waals surface area (Å²) >= 11 is 0. The first-order valence-corrected chi connectivity index (χ1v) is 7.10. The molecule has 6 heteroatoms. The van der Waals surface area contributed by atoms with Crippen molar-refractivity contribution in [2.75, 3.05) is 7.11 Å². The van der Waals surface area contributed by atoms with Crippen molar-refractivity contribution in [3.63, 3.8) is 0 Å². The third-order valence-corrected chi connectivity index (χ3v) is 3.48. The number of carbonyl (C=O) groups is 2. The van der Waals surface area contributed by atoms with Gasteiger partial charge in [0, 0.05) is 12.0 Å². The van der Waals surface area contributed by atoms with Gasteiger partial charge in [0.15, 0.2) is 0 Å². The number of carboxylic acid groups (broad SMARTS) is 1. The summed E-state index contributed by atoms with van der Waals surface area (Å²) in [5, 5.41) is 9.43. The van der Waals surface area contributed by atoms with Crippen LogP contribution in [-0.2, 0) is 22.5 Å². The molecular weight excluding hydrogens is 286 g/mol. The van der Waals surface area contributed by atoms with Crippen LogP contribution in [0.15, 0.2) is 18.2 Å². The molecule has 1 N–H and O–H groups in total. The van der Waals surface area contributed by atoms with Crippen LogP contribution < -0.4 is 4.74 Å². The summed E-state index contributed by atoms with van der Waals surface area (Å²) in [6.07, 6.45) is -0.391. The van der Waals surface area contributed by atoms with Gasteiger partial charge in [0.2, 0.25) is 0 Å². The molecule has 0 bridgehead atoms. The second-order valence-electron chi connectivity index (χ2n) is 6.26. The van der Waals surface area contributed by atoms with Crippen LogP contribution in [0.3, 0.4) is 0 Å². The first-order chi connectivity index (χ1) is 10.2. The predicted molar refractivity (Wildman–Crippen MR) is 79.9 cm³/mol. The molecule has 1 aromatic rings. The summed E-state index contributed by atoms with van der Waals surface area (Å²) in [7, 11) is 1.55. The summed E-state index contributed by atoms with van der Waals surface area (Å²) in [4.78, 5) is 25.1. The zero-order valence-electron chi connectivity index (χ0n) is 13.3. The van der Waals surface area contributed by atoms with Crippen molar-refractivity contribution in [1.82, 2.24) is 4.90 Å². The van der Waals surface area contributed by atoms with E-state index in [4.69, 9.17) is 9.47 Å². The van der Waals surface area contributed by atoms with Gasteiger partial charge in [0.25, 0.3) is 0 Å². The van der Waals surface area contributed by atoms with Gasteiger partial charge in [-0.2, -0.15) is 0 Å². The van der Waals surface area contributed by atoms with Crippen molar-refractivity contribution in [2.24, 2.45) is 0 Å². The van der Waals surface area contributed by atoms with Crippen LogP contribution in [0.4, 0.5) is 4.79 Å². The van der Waals surface area contributed by atoms with E-state index in [0.717, 1.165) is 11.1 Å². The highest BCUT2D eigenvalue weighted by atomic mass is 16.6. The zero-order valence-corrected chi connectivity index (χ0v) is 13.3. The number of carboxylic acids is 1. The van der Waals surface area contributed by atoms with Crippen molar-refractivity contribution < 1.29 is 24.2 Å². The molecule has 0 radical (unpaired) electrons. The number of ether oxygens (including phenoxy) is 2. The molecule has 0 spiro atoms. The van der Waals surface area contributed by atoms with Gasteiger partial charge in [0.05, 0.1) is 13.7 Å². The number of nitrogens with zero attached hydrogens (tertiary/aromatic N) is 1. The predicted octanol–water partition coefficient (Wildman–Crippen LogP) is 2.44. The van der Waals surface area contributed by atoms with E-state index in [-0.39, 0.29) is 13.0 Å². The number of fused-ring (bicyclic) bond motifs is 1. The fourth-order valence-corrected chi connectivity index (χ4v) is 2.51. The van der Waals surface area contributed by atoms with Gasteiger partial charge in [-0.1, -0.05) is 12.1 Å². The van der Waals surface area contributed by atoms with Crippen molar-refractivity contribution in [1.29, 1.82) is 0 Å². The summed E-state index contributed by atoms with van der Waals surface area (Å²) in [6, 6.07) is 4.54. The summed E-state index contributed by atoms with van der Waals surface area (Å²) < 4.78 is 10.6. The summed E-state index contributed by atoms with van der Waals surface area (Å²) in [5.74, 6) is -0.394. The fraction of sp³-hybridized carbons (Fsp3) is 0.500. The van der Waals surface area contributed by atoms with Crippen LogP contribution in [0.1, 0.15) is 31.9 Å². The molecule has 0 saturated heterocycles. The van der Waals surface area contributed by atoms with E-state index in [1.807, 2.05) is 12.1 Å². The molecule has 1 atom stereocenters. The van der Waals surface area contributed by atoms with Gasteiger partial charge in [-0.3, -0.25) is 4.90 Å². The van der Waals surface area contributed by atoms with Gasteiger partial charge < -0.3 is 14.6 Å². The summed E-state index contributed by atoms with van der Waals surface area (Å²) in [5.41, 5.74) is 1.03. The zero-order chi connectivity index (χ0) is 16.5. The Morgan fingerprint density at radius 3 is 2.55 bits per heavy atom. The fourth-order valence-electron chi connectivity index (χ4n) is 2.51. The number of rotatable bonds is 2. The Hall–Kier alpha value is -2.24. The molecule has 1 heterocycles. The van der Waals surface area contributed by atoms with Crippen LogP contribution in [0, 0.1) is 0 Å². The molecule has 1 amide bonds. The third-order valence-electron chi connectivity index (χ3n) is 3.48. The molecule has 1 aliphatic heterocycles. The minimum absolute atomic E-state index is 0.158. The van der Waals surface area contributed by atoms with Gasteiger partial charge in [-0.15, -0.1) is 0 Å². The van der Waals surface area contributed by atoms with Crippen LogP contribution in [0.2, 0.25) is 0 Å². The first kappa shape index (κ1) is 16.1. The normalized spacial score (nSPS) is 17.6. The quantitative estimate of drug-likeness (QED) is 0.908. The Labute approximate surface area is 129 Å². The van der Waals surface area contributed by atoms with Crippen LogP contribution in [0.25, 0.3) is 0 Å². The van der Waals surface area contributed by atoms with Gasteiger partial charge in [0.1, 0.15) is 17.4 Å². The van der Waals surface area contributed by atoms with Crippen LogP contribution in [-0.4, -0.2) is 40.8 Å². The number of hydrogen-bond donors (Lipinski definition) is 1.